The van der Waals surface area contributed by atoms with Gasteiger partial charge in [0.1, 0.15) is 26.9 Å². The van der Waals surface area contributed by atoms with Crippen molar-refractivity contribution in [2.45, 2.75) is 58.7 Å². The minimum Gasteiger partial charge on any atom is -0.495 e. The summed E-state index contributed by atoms with van der Waals surface area (Å²) in [7, 11) is 5.67. The highest BCUT2D eigenvalue weighted by molar-refractivity contribution is 7.00. The fourth-order valence-electron chi connectivity index (χ4n) is 5.50. The zero-order valence-corrected chi connectivity index (χ0v) is 27.7. The van der Waals surface area contributed by atoms with Gasteiger partial charge in [0.05, 0.1) is 17.8 Å². The summed E-state index contributed by atoms with van der Waals surface area (Å²) in [5.41, 5.74) is 4.37. The molecule has 2 aliphatic rings. The first-order valence-corrected chi connectivity index (χ1v) is 15.7. The number of rotatable bonds is 9. The van der Waals surface area contributed by atoms with Crippen LogP contribution in [-0.4, -0.2) is 81.3 Å². The van der Waals surface area contributed by atoms with Crippen LogP contribution in [0.5, 0.6) is 5.75 Å². The summed E-state index contributed by atoms with van der Waals surface area (Å²) in [6.45, 7) is 15.2. The van der Waals surface area contributed by atoms with Crippen LogP contribution in [0.15, 0.2) is 58.6 Å². The van der Waals surface area contributed by atoms with Crippen molar-refractivity contribution < 1.29 is 9.30 Å². The van der Waals surface area contributed by atoms with Crippen LogP contribution in [0.1, 0.15) is 52.0 Å². The van der Waals surface area contributed by atoms with Crippen molar-refractivity contribution in [3.63, 3.8) is 0 Å². The van der Waals surface area contributed by atoms with Crippen molar-refractivity contribution in [2.75, 3.05) is 69.0 Å². The van der Waals surface area contributed by atoms with Crippen molar-refractivity contribution in [1.82, 2.24) is 9.80 Å². The fourth-order valence-corrected chi connectivity index (χ4v) is 5.60. The van der Waals surface area contributed by atoms with E-state index in [1.807, 2.05) is 19.9 Å². The standard InChI is InChI=1S/C32H47ClN6O.HOP/c1-7-29(33)32(36-26-10-8-25(9-11-26)23(2)3)35-24(4)34-30-13-12-28(22-31(30)40-6)38-16-14-27(15-17-38)39-20-18-37(5)19-21-39;1-2/h7-13,22-24,27,34H,14-21H2,1-6H3,(H,35,36);2H/b29-7+;. The molecule has 0 spiro atoms. The van der Waals surface area contributed by atoms with E-state index in [4.69, 9.17) is 25.9 Å². The van der Waals surface area contributed by atoms with Gasteiger partial charge in [-0.1, -0.05) is 43.7 Å². The summed E-state index contributed by atoms with van der Waals surface area (Å²) in [5.74, 6) is 1.93. The lowest BCUT2D eigenvalue weighted by atomic mass is 10.0. The van der Waals surface area contributed by atoms with Gasteiger partial charge in [-0.15, -0.1) is 0 Å². The minimum absolute atomic E-state index is 0.231. The van der Waals surface area contributed by atoms with Gasteiger partial charge in [0.25, 0.3) is 0 Å². The molecule has 4 rings (SSSR count). The number of hydrogen-bond acceptors (Lipinski definition) is 7. The van der Waals surface area contributed by atoms with Crippen molar-refractivity contribution in [3.8, 4) is 5.75 Å². The molecule has 0 radical (unpaired) electrons. The van der Waals surface area contributed by atoms with Crippen LogP contribution >= 0.6 is 20.7 Å². The van der Waals surface area contributed by atoms with E-state index in [0.29, 0.717) is 22.8 Å². The van der Waals surface area contributed by atoms with Crippen molar-refractivity contribution >= 4 is 43.6 Å². The molecular weight excluding hydrogens is 567 g/mol. The van der Waals surface area contributed by atoms with Crippen molar-refractivity contribution in [2.24, 2.45) is 4.99 Å². The van der Waals surface area contributed by atoms with Crippen LogP contribution in [0.3, 0.4) is 0 Å². The van der Waals surface area contributed by atoms with E-state index in [-0.39, 0.29) is 6.17 Å². The molecule has 0 aliphatic carbocycles. The third kappa shape index (κ3) is 9.43. The molecule has 1 atom stereocenters. The predicted octanol–water partition coefficient (Wildman–Crippen LogP) is 6.92. The Balaban J connectivity index is 0.00000237. The summed E-state index contributed by atoms with van der Waals surface area (Å²) in [4.78, 5) is 12.5. The molecule has 42 heavy (non-hydrogen) atoms. The largest absolute Gasteiger partial charge is 0.495 e. The molecule has 0 amide bonds. The van der Waals surface area contributed by atoms with Gasteiger partial charge in [-0.3, -0.25) is 9.46 Å². The first-order valence-electron chi connectivity index (χ1n) is 14.9. The Labute approximate surface area is 259 Å². The lowest BCUT2D eigenvalue weighted by molar-refractivity contribution is 0.0982. The molecule has 2 N–H and O–H groups in total. The highest BCUT2D eigenvalue weighted by Crippen LogP contribution is 2.32. The average Bonchev–Trinajstić information content (AvgIpc) is 3.02. The van der Waals surface area contributed by atoms with Gasteiger partial charge in [0.2, 0.25) is 0 Å². The molecule has 1 unspecified atom stereocenters. The maximum atomic E-state index is 8.06. The smallest absolute Gasteiger partial charge is 0.146 e. The lowest BCUT2D eigenvalue weighted by Gasteiger charge is -2.42. The third-order valence-electron chi connectivity index (χ3n) is 8.08. The van der Waals surface area contributed by atoms with E-state index >= 15 is 0 Å². The van der Waals surface area contributed by atoms with E-state index in [2.05, 4.69) is 88.7 Å². The molecule has 0 bridgehead atoms. The first-order chi connectivity index (χ1) is 20.3. The van der Waals surface area contributed by atoms with Crippen LogP contribution in [0.4, 0.5) is 17.1 Å². The molecule has 8 nitrogen and oxygen atoms in total. The van der Waals surface area contributed by atoms with Gasteiger partial charge >= 0.3 is 0 Å². The zero-order valence-electron chi connectivity index (χ0n) is 26.0. The van der Waals surface area contributed by atoms with Crippen LogP contribution < -0.4 is 20.3 Å². The quantitative estimate of drug-likeness (QED) is 0.180. The normalized spacial score (nSPS) is 18.3. The lowest BCUT2D eigenvalue weighted by Crippen LogP contribution is -2.52. The molecule has 0 aromatic heterocycles. The molecular formula is C32H48ClN6O2P. The summed E-state index contributed by atoms with van der Waals surface area (Å²) in [5, 5.41) is 7.46. The van der Waals surface area contributed by atoms with Crippen LogP contribution in [-0.2, 0) is 4.57 Å². The SMILES string of the molecule is C/C=C(Cl)\C(=N/C(C)Nc1ccc(N2CCC(N3CCN(C)CC3)CC2)cc1OC)Nc1ccc(C(C)C)cc1.O=P. The Morgan fingerprint density at radius 2 is 1.67 bits per heavy atom. The van der Waals surface area contributed by atoms with Crippen molar-refractivity contribution in [3.05, 3.63) is 59.1 Å². The molecule has 2 saturated heterocycles. The number of aliphatic imine (C=N–C) groups is 1. The topological polar surface area (TPSA) is 72.4 Å². The highest BCUT2D eigenvalue weighted by Gasteiger charge is 2.27. The van der Waals surface area contributed by atoms with Gasteiger partial charge in [-0.2, -0.15) is 0 Å². The monoisotopic (exact) mass is 614 g/mol. The number of methoxy groups -OCH3 is 1. The minimum atomic E-state index is -0.231. The highest BCUT2D eigenvalue weighted by atomic mass is 35.5. The molecule has 10 heteroatoms. The number of hydrogen-bond donors (Lipinski definition) is 2. The average molecular weight is 615 g/mol. The van der Waals surface area contributed by atoms with E-state index in [1.54, 1.807) is 16.2 Å². The fraction of sp³-hybridized carbons (Fsp3) is 0.531. The van der Waals surface area contributed by atoms with Gasteiger partial charge in [-0.25, -0.2) is 4.99 Å². The van der Waals surface area contributed by atoms with Crippen LogP contribution in [0.2, 0.25) is 0 Å². The summed E-state index contributed by atoms with van der Waals surface area (Å²) in [6, 6.07) is 15.5. The molecule has 2 aliphatic heterocycles. The predicted molar refractivity (Wildman–Crippen MR) is 181 cm³/mol. The van der Waals surface area contributed by atoms with Crippen LogP contribution in [0, 0.1) is 0 Å². The number of piperidine rings is 1. The van der Waals surface area contributed by atoms with Crippen LogP contribution in [0.25, 0.3) is 0 Å². The number of nitrogens with zero attached hydrogens (tertiary/aromatic N) is 4. The second kappa shape index (κ2) is 16.9. The Morgan fingerprint density at radius 1 is 1.02 bits per heavy atom. The van der Waals surface area contributed by atoms with Crippen molar-refractivity contribution in [1.29, 1.82) is 0 Å². The number of benzene rings is 2. The van der Waals surface area contributed by atoms with Gasteiger partial charge in [0.15, 0.2) is 0 Å². The number of piperazine rings is 1. The van der Waals surface area contributed by atoms with E-state index in [9.17, 15) is 0 Å². The third-order valence-corrected chi connectivity index (χ3v) is 8.47. The van der Waals surface area contributed by atoms with E-state index < -0.39 is 0 Å². The Kier molecular flexibility index (Phi) is 13.6. The Hall–Kier alpha value is -2.64. The molecule has 2 aromatic carbocycles. The van der Waals surface area contributed by atoms with E-state index in [0.717, 1.165) is 30.2 Å². The Bertz CT molecular complexity index is 1180. The van der Waals surface area contributed by atoms with Gasteiger partial charge < -0.3 is 25.2 Å². The molecule has 0 saturated carbocycles. The van der Waals surface area contributed by atoms with Gasteiger partial charge in [0, 0.05) is 62.8 Å². The van der Waals surface area contributed by atoms with Gasteiger partial charge in [-0.05, 0) is 69.5 Å². The first kappa shape index (κ1) is 33.9. The number of amidine groups is 1. The Morgan fingerprint density at radius 3 is 2.24 bits per heavy atom. The number of anilines is 3. The maximum Gasteiger partial charge on any atom is 0.146 e. The summed E-state index contributed by atoms with van der Waals surface area (Å²) in [6.07, 6.45) is 4.04. The zero-order chi connectivity index (χ0) is 30.6. The second-order valence-corrected chi connectivity index (χ2v) is 11.7. The number of halogens is 1. The van der Waals surface area contributed by atoms with E-state index in [1.165, 1.54) is 50.3 Å². The number of likely N-dealkylation sites (N-methyl/N-ethyl adjacent to an activating group) is 1. The summed E-state index contributed by atoms with van der Waals surface area (Å²) < 4.78 is 13.9. The number of ether oxygens (including phenoxy) is 1. The second-order valence-electron chi connectivity index (χ2n) is 11.3. The number of allylic oxidation sites excluding steroid dienone is 1. The summed E-state index contributed by atoms with van der Waals surface area (Å²) >= 11 is 6.55. The maximum absolute atomic E-state index is 8.06. The molecule has 2 heterocycles. The molecule has 230 valence electrons. The molecule has 2 aromatic rings. The number of nitrogens with one attached hydrogen (secondary N) is 2. The molecule has 2 fully saturated rings.